The molecule has 7 nitrogen and oxygen atoms in total. The zero-order valence-electron chi connectivity index (χ0n) is 11.7. The maximum absolute atomic E-state index is 12.2. The molecule has 0 radical (unpaired) electrons. The van der Waals surface area contributed by atoms with Gasteiger partial charge >= 0.3 is 5.69 Å². The van der Waals surface area contributed by atoms with Crippen LogP contribution in [-0.2, 0) is 24.1 Å². The molecule has 0 amide bonds. The summed E-state index contributed by atoms with van der Waals surface area (Å²) in [6, 6.07) is -0.286. The lowest BCUT2D eigenvalue weighted by molar-refractivity contribution is 0.545. The molecule has 1 atom stereocenters. The summed E-state index contributed by atoms with van der Waals surface area (Å²) in [5, 5.41) is 0. The number of nitrogens with zero attached hydrogens (tertiary/aromatic N) is 2. The Balaban J connectivity index is 3.62. The molecule has 1 N–H and O–H groups in total. The fraction of sp³-hybridized carbons (Fsp3) is 0.636. The first-order valence-corrected chi connectivity index (χ1v) is 7.40. The molecule has 0 aliphatic heterocycles. The van der Waals surface area contributed by atoms with E-state index in [2.05, 4.69) is 4.72 Å². The Labute approximate surface area is 111 Å². The van der Waals surface area contributed by atoms with E-state index in [9.17, 15) is 18.0 Å². The average Bonchev–Trinajstić information content (AvgIpc) is 2.33. The van der Waals surface area contributed by atoms with Crippen molar-refractivity contribution in [2.24, 2.45) is 14.1 Å². The number of nitrogens with one attached hydrogen (secondary N) is 1. The largest absolute Gasteiger partial charge is 0.330 e. The van der Waals surface area contributed by atoms with Crippen molar-refractivity contribution in [3.8, 4) is 0 Å². The van der Waals surface area contributed by atoms with E-state index < -0.39 is 21.3 Å². The van der Waals surface area contributed by atoms with E-state index in [4.69, 9.17) is 0 Å². The predicted octanol–water partition coefficient (Wildman–Crippen LogP) is -0.531. The molecule has 108 valence electrons. The van der Waals surface area contributed by atoms with Crippen LogP contribution in [0.25, 0.3) is 0 Å². The summed E-state index contributed by atoms with van der Waals surface area (Å²) in [4.78, 5) is 23.3. The molecule has 0 saturated heterocycles. The van der Waals surface area contributed by atoms with Crippen LogP contribution in [0.2, 0.25) is 0 Å². The second kappa shape index (κ2) is 5.30. The van der Waals surface area contributed by atoms with Crippen LogP contribution in [0.4, 0.5) is 0 Å². The monoisotopic (exact) mass is 289 g/mol. The lowest BCUT2D eigenvalue weighted by Crippen LogP contribution is -2.44. The van der Waals surface area contributed by atoms with Gasteiger partial charge in [0.1, 0.15) is 0 Å². The predicted molar refractivity (Wildman–Crippen MR) is 71.7 cm³/mol. The first kappa shape index (κ1) is 15.6. The summed E-state index contributed by atoms with van der Waals surface area (Å²) < 4.78 is 28.8. The number of sulfonamides is 1. The normalized spacial score (nSPS) is 13.5. The molecule has 0 spiro atoms. The molecule has 0 saturated carbocycles. The van der Waals surface area contributed by atoms with Gasteiger partial charge in [0.05, 0.1) is 0 Å². The summed E-state index contributed by atoms with van der Waals surface area (Å²) in [6.45, 7) is 4.98. The van der Waals surface area contributed by atoms with Gasteiger partial charge in [0.15, 0.2) is 4.90 Å². The van der Waals surface area contributed by atoms with Crippen LogP contribution in [0.5, 0.6) is 0 Å². The topological polar surface area (TPSA) is 90.2 Å². The van der Waals surface area contributed by atoms with Gasteiger partial charge in [-0.2, -0.15) is 0 Å². The smallest absolute Gasteiger partial charge is 0.300 e. The molecule has 1 aromatic rings. The van der Waals surface area contributed by atoms with Crippen LogP contribution in [0.15, 0.2) is 14.5 Å². The van der Waals surface area contributed by atoms with Crippen LogP contribution in [0, 0.1) is 6.92 Å². The minimum Gasteiger partial charge on any atom is -0.300 e. The van der Waals surface area contributed by atoms with E-state index >= 15 is 0 Å². The van der Waals surface area contributed by atoms with Gasteiger partial charge in [-0.3, -0.25) is 13.9 Å². The van der Waals surface area contributed by atoms with E-state index in [-0.39, 0.29) is 16.6 Å². The Bertz CT molecular complexity index is 700. The second-order valence-corrected chi connectivity index (χ2v) is 6.20. The standard InChI is InChI=1S/C11H19N3O4S/c1-6-7(2)12-19(17,18)9-8(3)13(4)11(16)14(5)10(9)15/h7,12H,6H2,1-5H3. The summed E-state index contributed by atoms with van der Waals surface area (Å²) in [6.07, 6.45) is 0.602. The van der Waals surface area contributed by atoms with Gasteiger partial charge in [0.25, 0.3) is 5.56 Å². The summed E-state index contributed by atoms with van der Waals surface area (Å²) in [7, 11) is -1.25. The molecule has 8 heteroatoms. The molecular formula is C11H19N3O4S. The lowest BCUT2D eigenvalue weighted by atomic mass is 10.3. The van der Waals surface area contributed by atoms with Crippen molar-refractivity contribution in [3.63, 3.8) is 0 Å². The molecule has 0 fully saturated rings. The van der Waals surface area contributed by atoms with Crippen LogP contribution < -0.4 is 16.0 Å². The van der Waals surface area contributed by atoms with Crippen LogP contribution in [-0.4, -0.2) is 23.6 Å². The molecule has 0 aliphatic carbocycles. The van der Waals surface area contributed by atoms with Gasteiger partial charge in [-0.15, -0.1) is 0 Å². The Morgan fingerprint density at radius 3 is 2.21 bits per heavy atom. The van der Waals surface area contributed by atoms with Crippen molar-refractivity contribution in [1.29, 1.82) is 0 Å². The Kier molecular flexibility index (Phi) is 4.36. The zero-order chi connectivity index (χ0) is 15.0. The van der Waals surface area contributed by atoms with E-state index in [0.717, 1.165) is 9.13 Å². The maximum atomic E-state index is 12.2. The lowest BCUT2D eigenvalue weighted by Gasteiger charge is -2.15. The first-order valence-electron chi connectivity index (χ1n) is 5.92. The quantitative estimate of drug-likeness (QED) is 0.806. The Morgan fingerprint density at radius 2 is 1.74 bits per heavy atom. The van der Waals surface area contributed by atoms with Crippen molar-refractivity contribution >= 4 is 10.0 Å². The molecule has 1 rings (SSSR count). The van der Waals surface area contributed by atoms with Crippen LogP contribution in [0.3, 0.4) is 0 Å². The third kappa shape index (κ3) is 2.79. The van der Waals surface area contributed by atoms with Gasteiger partial charge in [0.2, 0.25) is 10.0 Å². The highest BCUT2D eigenvalue weighted by atomic mass is 32.2. The number of hydrogen-bond acceptors (Lipinski definition) is 4. The minimum atomic E-state index is -3.94. The maximum Gasteiger partial charge on any atom is 0.330 e. The molecule has 1 heterocycles. The zero-order valence-corrected chi connectivity index (χ0v) is 12.5. The van der Waals surface area contributed by atoms with Gasteiger partial charge in [-0.05, 0) is 20.3 Å². The summed E-state index contributed by atoms with van der Waals surface area (Å²) in [5.41, 5.74) is -1.23. The van der Waals surface area contributed by atoms with Crippen LogP contribution in [0.1, 0.15) is 26.0 Å². The number of hydrogen-bond donors (Lipinski definition) is 1. The molecule has 19 heavy (non-hydrogen) atoms. The Morgan fingerprint density at radius 1 is 1.21 bits per heavy atom. The van der Waals surface area contributed by atoms with Gasteiger partial charge < -0.3 is 0 Å². The first-order chi connectivity index (χ1) is 8.63. The van der Waals surface area contributed by atoms with Crippen molar-refractivity contribution in [1.82, 2.24) is 13.9 Å². The summed E-state index contributed by atoms with van der Waals surface area (Å²) >= 11 is 0. The van der Waals surface area contributed by atoms with Crippen LogP contribution >= 0.6 is 0 Å². The fourth-order valence-corrected chi connectivity index (χ4v) is 3.34. The van der Waals surface area contributed by atoms with E-state index in [1.54, 1.807) is 6.92 Å². The third-order valence-electron chi connectivity index (χ3n) is 3.14. The summed E-state index contributed by atoms with van der Waals surface area (Å²) in [5.74, 6) is 0. The van der Waals surface area contributed by atoms with Crippen molar-refractivity contribution in [2.75, 3.05) is 0 Å². The van der Waals surface area contributed by atoms with Gasteiger partial charge in [0, 0.05) is 25.8 Å². The van der Waals surface area contributed by atoms with Crippen molar-refractivity contribution in [3.05, 3.63) is 26.5 Å². The minimum absolute atomic E-state index is 0.129. The third-order valence-corrected chi connectivity index (χ3v) is 4.86. The highest BCUT2D eigenvalue weighted by Crippen LogP contribution is 2.08. The molecule has 1 aromatic heterocycles. The van der Waals surface area contributed by atoms with Gasteiger partial charge in [-0.25, -0.2) is 17.9 Å². The second-order valence-electron chi connectivity index (χ2n) is 4.55. The molecule has 0 aromatic carbocycles. The Hall–Kier alpha value is -1.41. The van der Waals surface area contributed by atoms with Gasteiger partial charge in [-0.1, -0.05) is 6.92 Å². The molecule has 0 bridgehead atoms. The van der Waals surface area contributed by atoms with Crippen molar-refractivity contribution in [2.45, 2.75) is 38.1 Å². The van der Waals surface area contributed by atoms with Crippen molar-refractivity contribution < 1.29 is 8.42 Å². The number of rotatable bonds is 4. The number of aromatic nitrogens is 2. The van der Waals surface area contributed by atoms with E-state index in [0.29, 0.717) is 6.42 Å². The van der Waals surface area contributed by atoms with E-state index in [1.165, 1.54) is 21.0 Å². The SMILES string of the molecule is CCC(C)NS(=O)(=O)c1c(C)n(C)c(=O)n(C)c1=O. The molecular weight excluding hydrogens is 270 g/mol. The highest BCUT2D eigenvalue weighted by Gasteiger charge is 2.26. The highest BCUT2D eigenvalue weighted by molar-refractivity contribution is 7.89. The fourth-order valence-electron chi connectivity index (χ4n) is 1.63. The molecule has 0 aliphatic rings. The average molecular weight is 289 g/mol. The molecule has 1 unspecified atom stereocenters. The van der Waals surface area contributed by atoms with E-state index in [1.807, 2.05) is 6.92 Å².